The first-order valence-corrected chi connectivity index (χ1v) is 7.70. The fraction of sp³-hybridized carbons (Fsp3) is 0.500. The van der Waals surface area contributed by atoms with Gasteiger partial charge in [-0.1, -0.05) is 35.1 Å². The maximum Gasteiger partial charge on any atom is 0.106 e. The summed E-state index contributed by atoms with van der Waals surface area (Å²) in [5.41, 5.74) is 7.89. The SMILES string of the molecule is CCC1COC(C)CN1c1cc(Br)ccc1C(N)=S. The molecule has 1 aromatic rings. The number of hydrogen-bond donors (Lipinski definition) is 1. The van der Waals surface area contributed by atoms with Crippen LogP contribution in [0.2, 0.25) is 0 Å². The molecule has 0 amide bonds. The average Bonchev–Trinajstić information content (AvgIpc) is 2.38. The van der Waals surface area contributed by atoms with Gasteiger partial charge in [0.15, 0.2) is 0 Å². The molecule has 104 valence electrons. The third-order valence-electron chi connectivity index (χ3n) is 3.47. The second kappa shape index (κ2) is 6.20. The highest BCUT2D eigenvalue weighted by Crippen LogP contribution is 2.30. The molecule has 0 saturated carbocycles. The summed E-state index contributed by atoms with van der Waals surface area (Å²) in [6.45, 7) is 5.89. The molecule has 0 aliphatic carbocycles. The van der Waals surface area contributed by atoms with Gasteiger partial charge in [0.25, 0.3) is 0 Å². The van der Waals surface area contributed by atoms with E-state index < -0.39 is 0 Å². The van der Waals surface area contributed by atoms with Gasteiger partial charge in [0.05, 0.1) is 18.8 Å². The van der Waals surface area contributed by atoms with Crippen molar-refractivity contribution in [1.29, 1.82) is 0 Å². The topological polar surface area (TPSA) is 38.5 Å². The number of nitrogens with two attached hydrogens (primary N) is 1. The Labute approximate surface area is 128 Å². The molecule has 2 rings (SSSR count). The van der Waals surface area contributed by atoms with E-state index in [4.69, 9.17) is 22.7 Å². The Morgan fingerprint density at radius 1 is 1.58 bits per heavy atom. The zero-order valence-electron chi connectivity index (χ0n) is 11.2. The minimum Gasteiger partial charge on any atom is -0.389 e. The highest BCUT2D eigenvalue weighted by molar-refractivity contribution is 9.10. The Balaban J connectivity index is 2.42. The van der Waals surface area contributed by atoms with Gasteiger partial charge in [-0.15, -0.1) is 0 Å². The van der Waals surface area contributed by atoms with Crippen molar-refractivity contribution in [3.63, 3.8) is 0 Å². The van der Waals surface area contributed by atoms with Gasteiger partial charge in [-0.25, -0.2) is 0 Å². The highest BCUT2D eigenvalue weighted by Gasteiger charge is 2.27. The normalized spacial score (nSPS) is 23.4. The average molecular weight is 343 g/mol. The smallest absolute Gasteiger partial charge is 0.106 e. The van der Waals surface area contributed by atoms with Crippen molar-refractivity contribution in [3.8, 4) is 0 Å². The summed E-state index contributed by atoms with van der Waals surface area (Å²) in [5.74, 6) is 0. The molecule has 1 aliphatic rings. The summed E-state index contributed by atoms with van der Waals surface area (Å²) < 4.78 is 6.78. The molecule has 1 saturated heterocycles. The molecule has 19 heavy (non-hydrogen) atoms. The second-order valence-electron chi connectivity index (χ2n) is 4.88. The van der Waals surface area contributed by atoms with Crippen molar-refractivity contribution < 1.29 is 4.74 Å². The number of benzene rings is 1. The molecule has 2 atom stereocenters. The summed E-state index contributed by atoms with van der Waals surface area (Å²) in [6, 6.07) is 6.42. The molecule has 1 aliphatic heterocycles. The summed E-state index contributed by atoms with van der Waals surface area (Å²) in [6.07, 6.45) is 1.26. The Morgan fingerprint density at radius 2 is 2.32 bits per heavy atom. The lowest BCUT2D eigenvalue weighted by Crippen LogP contribution is -2.49. The lowest BCUT2D eigenvalue weighted by atomic mass is 10.1. The molecule has 0 aromatic heterocycles. The third-order valence-corrected chi connectivity index (χ3v) is 4.19. The van der Waals surface area contributed by atoms with Gasteiger partial charge in [0, 0.05) is 22.3 Å². The summed E-state index contributed by atoms with van der Waals surface area (Å²) >= 11 is 8.70. The van der Waals surface area contributed by atoms with E-state index in [1.807, 2.05) is 12.1 Å². The van der Waals surface area contributed by atoms with Crippen molar-refractivity contribution in [2.75, 3.05) is 18.1 Å². The monoisotopic (exact) mass is 342 g/mol. The van der Waals surface area contributed by atoms with E-state index in [9.17, 15) is 0 Å². The molecule has 3 nitrogen and oxygen atoms in total. The third kappa shape index (κ3) is 3.27. The van der Waals surface area contributed by atoms with Crippen LogP contribution in [0, 0.1) is 0 Å². The van der Waals surface area contributed by atoms with Gasteiger partial charge in [-0.05, 0) is 31.5 Å². The lowest BCUT2D eigenvalue weighted by Gasteiger charge is -2.40. The van der Waals surface area contributed by atoms with Crippen LogP contribution >= 0.6 is 28.1 Å². The van der Waals surface area contributed by atoms with Gasteiger partial charge >= 0.3 is 0 Å². The molecule has 5 heteroatoms. The Kier molecular flexibility index (Phi) is 4.81. The van der Waals surface area contributed by atoms with Crippen LogP contribution in [0.4, 0.5) is 5.69 Å². The number of thiocarbonyl (C=S) groups is 1. The Morgan fingerprint density at radius 3 is 2.95 bits per heavy atom. The number of halogens is 1. The van der Waals surface area contributed by atoms with Gasteiger partial charge in [-0.3, -0.25) is 0 Å². The van der Waals surface area contributed by atoms with Crippen LogP contribution in [0.5, 0.6) is 0 Å². The standard InChI is InChI=1S/C14H19BrN2OS/c1-3-11-8-18-9(2)7-17(11)13-6-10(15)4-5-12(13)14(16)19/h4-6,9,11H,3,7-8H2,1-2H3,(H2,16,19). The largest absolute Gasteiger partial charge is 0.389 e. The highest BCUT2D eigenvalue weighted by atomic mass is 79.9. The van der Waals surface area contributed by atoms with Gasteiger partial charge < -0.3 is 15.4 Å². The fourth-order valence-electron chi connectivity index (χ4n) is 2.43. The van der Waals surface area contributed by atoms with Crippen LogP contribution in [-0.4, -0.2) is 30.3 Å². The van der Waals surface area contributed by atoms with Gasteiger partial charge in [0.2, 0.25) is 0 Å². The molecule has 0 radical (unpaired) electrons. The first kappa shape index (κ1) is 14.8. The predicted octanol–water partition coefficient (Wildman–Crippen LogP) is 3.09. The second-order valence-corrected chi connectivity index (χ2v) is 6.24. The van der Waals surface area contributed by atoms with Crippen LogP contribution < -0.4 is 10.6 Å². The molecule has 1 aromatic carbocycles. The lowest BCUT2D eigenvalue weighted by molar-refractivity contribution is 0.0299. The molecule has 1 heterocycles. The van der Waals surface area contributed by atoms with E-state index in [-0.39, 0.29) is 6.10 Å². The minimum atomic E-state index is 0.223. The van der Waals surface area contributed by atoms with E-state index in [1.165, 1.54) is 0 Å². The van der Waals surface area contributed by atoms with Gasteiger partial charge in [0.1, 0.15) is 4.99 Å². The van der Waals surface area contributed by atoms with Crippen molar-refractivity contribution >= 4 is 38.8 Å². The van der Waals surface area contributed by atoms with Crippen molar-refractivity contribution in [3.05, 3.63) is 28.2 Å². The molecule has 1 fully saturated rings. The number of ether oxygens (including phenoxy) is 1. The Bertz CT molecular complexity index is 481. The van der Waals surface area contributed by atoms with E-state index >= 15 is 0 Å². The molecular weight excluding hydrogens is 324 g/mol. The number of nitrogens with zero attached hydrogens (tertiary/aromatic N) is 1. The van der Waals surface area contributed by atoms with Crippen LogP contribution in [0.25, 0.3) is 0 Å². The maximum atomic E-state index is 5.85. The minimum absolute atomic E-state index is 0.223. The molecule has 0 bridgehead atoms. The van der Waals surface area contributed by atoms with Gasteiger partial charge in [-0.2, -0.15) is 0 Å². The first-order chi connectivity index (χ1) is 9.02. The number of hydrogen-bond acceptors (Lipinski definition) is 3. The maximum absolute atomic E-state index is 5.85. The van der Waals surface area contributed by atoms with E-state index in [0.29, 0.717) is 11.0 Å². The van der Waals surface area contributed by atoms with Crippen LogP contribution in [0.15, 0.2) is 22.7 Å². The predicted molar refractivity (Wildman–Crippen MR) is 86.9 cm³/mol. The quantitative estimate of drug-likeness (QED) is 0.856. The van der Waals surface area contributed by atoms with Crippen LogP contribution in [-0.2, 0) is 4.74 Å². The molecular formula is C14H19BrN2OS. The summed E-state index contributed by atoms with van der Waals surface area (Å²) in [5, 5.41) is 0. The van der Waals surface area contributed by atoms with Crippen molar-refractivity contribution in [2.45, 2.75) is 32.4 Å². The molecule has 2 N–H and O–H groups in total. The molecule has 0 spiro atoms. The fourth-order valence-corrected chi connectivity index (χ4v) is 2.95. The van der Waals surface area contributed by atoms with Crippen LogP contribution in [0.1, 0.15) is 25.8 Å². The molecule has 2 unspecified atom stereocenters. The first-order valence-electron chi connectivity index (χ1n) is 6.50. The van der Waals surface area contributed by atoms with E-state index in [1.54, 1.807) is 0 Å². The van der Waals surface area contributed by atoms with Crippen molar-refractivity contribution in [1.82, 2.24) is 0 Å². The zero-order valence-corrected chi connectivity index (χ0v) is 13.6. The van der Waals surface area contributed by atoms with E-state index in [2.05, 4.69) is 40.7 Å². The Hall–Kier alpha value is -0.650. The van der Waals surface area contributed by atoms with E-state index in [0.717, 1.165) is 35.3 Å². The zero-order chi connectivity index (χ0) is 14.0. The number of rotatable bonds is 3. The van der Waals surface area contributed by atoms with Crippen molar-refractivity contribution in [2.24, 2.45) is 5.73 Å². The summed E-state index contributed by atoms with van der Waals surface area (Å²) in [7, 11) is 0. The number of morpholine rings is 1. The van der Waals surface area contributed by atoms with Crippen LogP contribution in [0.3, 0.4) is 0 Å². The number of anilines is 1. The summed E-state index contributed by atoms with van der Waals surface area (Å²) in [4.78, 5) is 2.81.